The molecular formula is C15H22F2O4. The van der Waals surface area contributed by atoms with Gasteiger partial charge in [0.1, 0.15) is 6.61 Å². The Bertz CT molecular complexity index is 418. The first-order valence-corrected chi connectivity index (χ1v) is 7.57. The zero-order chi connectivity index (χ0) is 15.3. The lowest BCUT2D eigenvalue weighted by atomic mass is 9.48. The minimum Gasteiger partial charge on any atom is -0.434 e. The monoisotopic (exact) mass is 304 g/mol. The van der Waals surface area contributed by atoms with Crippen LogP contribution < -0.4 is 0 Å². The van der Waals surface area contributed by atoms with Gasteiger partial charge in [-0.3, -0.25) is 0 Å². The van der Waals surface area contributed by atoms with Crippen molar-refractivity contribution in [2.24, 2.45) is 17.3 Å². The van der Waals surface area contributed by atoms with Gasteiger partial charge in [0.2, 0.25) is 0 Å². The van der Waals surface area contributed by atoms with Crippen molar-refractivity contribution < 1.29 is 28.2 Å². The number of rotatable bonds is 4. The molecule has 2 unspecified atom stereocenters. The number of alkyl halides is 2. The van der Waals surface area contributed by atoms with E-state index in [0.29, 0.717) is 25.2 Å². The number of hydrogen-bond donors (Lipinski definition) is 1. The Morgan fingerprint density at radius 3 is 2.38 bits per heavy atom. The first-order valence-electron chi connectivity index (χ1n) is 7.57. The Labute approximate surface area is 122 Å². The summed E-state index contributed by atoms with van der Waals surface area (Å²) < 4.78 is 34.7. The lowest BCUT2D eigenvalue weighted by Gasteiger charge is -2.59. The van der Waals surface area contributed by atoms with Crippen molar-refractivity contribution in [3.63, 3.8) is 0 Å². The van der Waals surface area contributed by atoms with Crippen molar-refractivity contribution >= 4 is 6.16 Å². The van der Waals surface area contributed by atoms with Crippen LogP contribution in [0, 0.1) is 17.3 Å². The third kappa shape index (κ3) is 3.30. The Kier molecular flexibility index (Phi) is 3.43. The predicted molar refractivity (Wildman–Crippen MR) is 70.0 cm³/mol. The highest BCUT2D eigenvalue weighted by Crippen LogP contribution is 2.61. The SMILES string of the molecule is CC(F)(F)COC(=O)OCC12CC3CC(CC(O)(C3)C1)C2. The minimum absolute atomic E-state index is 0.163. The molecule has 4 aliphatic carbocycles. The molecule has 0 aliphatic heterocycles. The van der Waals surface area contributed by atoms with Crippen LogP contribution >= 0.6 is 0 Å². The van der Waals surface area contributed by atoms with E-state index in [1.54, 1.807) is 0 Å². The molecular weight excluding hydrogens is 282 g/mol. The van der Waals surface area contributed by atoms with Gasteiger partial charge in [-0.1, -0.05) is 0 Å². The van der Waals surface area contributed by atoms with Crippen LogP contribution in [0.2, 0.25) is 0 Å². The molecule has 4 saturated carbocycles. The second-order valence-corrected chi connectivity index (χ2v) is 7.58. The molecule has 0 aromatic rings. The summed E-state index contributed by atoms with van der Waals surface area (Å²) in [5.74, 6) is -2.05. The quantitative estimate of drug-likeness (QED) is 0.811. The van der Waals surface area contributed by atoms with Crippen LogP contribution in [0.15, 0.2) is 0 Å². The van der Waals surface area contributed by atoms with E-state index < -0.39 is 24.3 Å². The molecule has 4 rings (SSSR count). The normalized spacial score (nSPS) is 41.1. The fourth-order valence-electron chi connectivity index (χ4n) is 5.01. The molecule has 2 atom stereocenters. The van der Waals surface area contributed by atoms with Gasteiger partial charge in [0, 0.05) is 12.3 Å². The molecule has 21 heavy (non-hydrogen) atoms. The molecule has 0 aromatic carbocycles. The van der Waals surface area contributed by atoms with Crippen LogP contribution in [0.3, 0.4) is 0 Å². The van der Waals surface area contributed by atoms with Gasteiger partial charge >= 0.3 is 6.16 Å². The maximum absolute atomic E-state index is 12.6. The molecule has 6 heteroatoms. The maximum Gasteiger partial charge on any atom is 0.508 e. The van der Waals surface area contributed by atoms with Crippen molar-refractivity contribution in [1.29, 1.82) is 0 Å². The number of ether oxygens (including phenoxy) is 2. The van der Waals surface area contributed by atoms with E-state index in [2.05, 4.69) is 4.74 Å². The van der Waals surface area contributed by atoms with E-state index in [9.17, 15) is 18.7 Å². The number of hydrogen-bond acceptors (Lipinski definition) is 4. The molecule has 0 spiro atoms. The lowest BCUT2D eigenvalue weighted by molar-refractivity contribution is -0.177. The minimum atomic E-state index is -3.05. The molecule has 0 amide bonds. The fraction of sp³-hybridized carbons (Fsp3) is 0.933. The molecule has 4 aliphatic rings. The highest BCUT2D eigenvalue weighted by Gasteiger charge is 2.57. The molecule has 0 radical (unpaired) electrons. The van der Waals surface area contributed by atoms with E-state index >= 15 is 0 Å². The Morgan fingerprint density at radius 2 is 1.86 bits per heavy atom. The molecule has 1 N–H and O–H groups in total. The van der Waals surface area contributed by atoms with Crippen molar-refractivity contribution in [3.05, 3.63) is 0 Å². The maximum atomic E-state index is 12.6. The zero-order valence-corrected chi connectivity index (χ0v) is 12.2. The van der Waals surface area contributed by atoms with Crippen molar-refractivity contribution in [3.8, 4) is 0 Å². The second kappa shape index (κ2) is 4.80. The molecule has 0 saturated heterocycles. The lowest BCUT2D eigenvalue weighted by Crippen LogP contribution is -2.57. The highest BCUT2D eigenvalue weighted by molar-refractivity contribution is 5.59. The molecule has 4 fully saturated rings. The topological polar surface area (TPSA) is 55.8 Å². The predicted octanol–water partition coefficient (Wildman–Crippen LogP) is 3.13. The van der Waals surface area contributed by atoms with Crippen LogP contribution in [0.25, 0.3) is 0 Å². The Hall–Kier alpha value is -0.910. The highest BCUT2D eigenvalue weighted by atomic mass is 19.3. The van der Waals surface area contributed by atoms with Crippen LogP contribution in [0.1, 0.15) is 45.4 Å². The smallest absolute Gasteiger partial charge is 0.434 e. The summed E-state index contributed by atoms with van der Waals surface area (Å²) in [5.41, 5.74) is -0.805. The number of carbonyl (C=O) groups is 1. The first-order chi connectivity index (χ1) is 9.67. The van der Waals surface area contributed by atoms with E-state index in [4.69, 9.17) is 4.74 Å². The van der Waals surface area contributed by atoms with Gasteiger partial charge in [0.05, 0.1) is 5.60 Å². The summed E-state index contributed by atoms with van der Waals surface area (Å²) in [7, 11) is 0. The number of halogens is 2. The van der Waals surface area contributed by atoms with Crippen LogP contribution in [-0.2, 0) is 9.47 Å². The molecule has 4 nitrogen and oxygen atoms in total. The summed E-state index contributed by atoms with van der Waals surface area (Å²) in [6.45, 7) is -0.112. The fourth-order valence-corrected chi connectivity index (χ4v) is 5.01. The number of carbonyl (C=O) groups excluding carboxylic acids is 1. The van der Waals surface area contributed by atoms with Gasteiger partial charge in [-0.05, 0) is 50.4 Å². The van der Waals surface area contributed by atoms with E-state index in [1.807, 2.05) is 0 Å². The molecule has 0 aromatic heterocycles. The average Bonchev–Trinajstić information content (AvgIpc) is 2.30. The van der Waals surface area contributed by atoms with Gasteiger partial charge in [0.25, 0.3) is 5.92 Å². The van der Waals surface area contributed by atoms with Crippen molar-refractivity contribution in [2.45, 2.75) is 57.0 Å². The van der Waals surface area contributed by atoms with Gasteiger partial charge < -0.3 is 14.6 Å². The zero-order valence-electron chi connectivity index (χ0n) is 12.2. The summed E-state index contributed by atoms with van der Waals surface area (Å²) >= 11 is 0. The number of aliphatic hydroxyl groups is 1. The van der Waals surface area contributed by atoms with Crippen LogP contribution in [-0.4, -0.2) is 36.0 Å². The van der Waals surface area contributed by atoms with E-state index in [0.717, 1.165) is 32.1 Å². The Balaban J connectivity index is 1.54. The average molecular weight is 304 g/mol. The second-order valence-electron chi connectivity index (χ2n) is 7.58. The van der Waals surface area contributed by atoms with E-state index in [-0.39, 0.29) is 12.0 Å². The largest absolute Gasteiger partial charge is 0.508 e. The van der Waals surface area contributed by atoms with E-state index in [1.165, 1.54) is 0 Å². The standard InChI is InChI=1S/C15H22F2O4/c1-13(16,17)8-20-12(18)21-9-14-3-10-2-11(4-14)6-15(19,5-10)7-14/h10-11,19H,2-9H2,1H3. The Morgan fingerprint density at radius 1 is 1.24 bits per heavy atom. The van der Waals surface area contributed by atoms with Crippen LogP contribution in [0.5, 0.6) is 0 Å². The van der Waals surface area contributed by atoms with Crippen LogP contribution in [0.4, 0.5) is 13.6 Å². The van der Waals surface area contributed by atoms with Gasteiger partial charge in [-0.15, -0.1) is 0 Å². The third-order valence-corrected chi connectivity index (χ3v) is 5.09. The summed E-state index contributed by atoms with van der Waals surface area (Å²) in [6.07, 6.45) is 4.33. The molecule has 4 bridgehead atoms. The summed E-state index contributed by atoms with van der Waals surface area (Å²) in [6, 6.07) is 0. The van der Waals surface area contributed by atoms with Crippen molar-refractivity contribution in [2.75, 3.05) is 13.2 Å². The van der Waals surface area contributed by atoms with Gasteiger partial charge in [-0.25, -0.2) is 13.6 Å². The molecule has 0 heterocycles. The molecule has 120 valence electrons. The van der Waals surface area contributed by atoms with Crippen molar-refractivity contribution in [1.82, 2.24) is 0 Å². The van der Waals surface area contributed by atoms with Gasteiger partial charge in [-0.2, -0.15) is 0 Å². The van der Waals surface area contributed by atoms with Gasteiger partial charge in [0.15, 0.2) is 6.61 Å². The summed E-state index contributed by atoms with van der Waals surface area (Å²) in [5, 5.41) is 10.6. The third-order valence-electron chi connectivity index (χ3n) is 5.09. The summed E-state index contributed by atoms with van der Waals surface area (Å²) in [4.78, 5) is 11.4. The first kappa shape index (κ1) is 15.0.